The average molecular weight is 313 g/mol. The number of pyridine rings is 1. The number of carbonyl (C=O) groups is 2. The summed E-state index contributed by atoms with van der Waals surface area (Å²) in [7, 11) is 1.30. The largest absolute Gasteiger partial charge is 0.464 e. The van der Waals surface area contributed by atoms with Crippen molar-refractivity contribution in [2.75, 3.05) is 23.9 Å². The van der Waals surface area contributed by atoms with Crippen molar-refractivity contribution < 1.29 is 14.3 Å². The third-order valence-electron chi connectivity index (χ3n) is 2.88. The van der Waals surface area contributed by atoms with Crippen LogP contribution in [-0.2, 0) is 9.53 Å². The van der Waals surface area contributed by atoms with Crippen molar-refractivity contribution in [3.05, 3.63) is 24.0 Å². The van der Waals surface area contributed by atoms with Gasteiger partial charge in [0.1, 0.15) is 0 Å². The monoisotopic (exact) mass is 312 g/mol. The van der Waals surface area contributed by atoms with Gasteiger partial charge in [0.15, 0.2) is 5.69 Å². The molecule has 1 atom stereocenters. The van der Waals surface area contributed by atoms with Crippen LogP contribution >= 0.6 is 15.9 Å². The van der Waals surface area contributed by atoms with Crippen LogP contribution in [-0.4, -0.2) is 35.8 Å². The first-order chi connectivity index (χ1) is 8.67. The highest BCUT2D eigenvalue weighted by Gasteiger charge is 2.32. The summed E-state index contributed by atoms with van der Waals surface area (Å²) in [4.78, 5) is 29.2. The molecule has 5 nitrogen and oxygen atoms in total. The number of halogens is 1. The van der Waals surface area contributed by atoms with Gasteiger partial charge in [-0.3, -0.25) is 4.79 Å². The van der Waals surface area contributed by atoms with Crippen molar-refractivity contribution in [1.82, 2.24) is 4.98 Å². The molecule has 1 aromatic rings. The summed E-state index contributed by atoms with van der Waals surface area (Å²) in [5.41, 5.74) is 0.710. The first-order valence-corrected chi connectivity index (χ1v) is 6.69. The van der Waals surface area contributed by atoms with Crippen molar-refractivity contribution in [3.63, 3.8) is 0 Å². The third-order valence-corrected chi connectivity index (χ3v) is 3.79. The zero-order valence-corrected chi connectivity index (χ0v) is 11.5. The van der Waals surface area contributed by atoms with Crippen LogP contribution in [0.25, 0.3) is 0 Å². The Bertz CT molecular complexity index is 478. The fourth-order valence-electron chi connectivity index (χ4n) is 1.99. The Kier molecular flexibility index (Phi) is 3.96. The molecule has 96 valence electrons. The molecule has 0 saturated carbocycles. The van der Waals surface area contributed by atoms with E-state index < -0.39 is 5.97 Å². The van der Waals surface area contributed by atoms with E-state index >= 15 is 0 Å². The van der Waals surface area contributed by atoms with Crippen LogP contribution in [0.3, 0.4) is 0 Å². The Morgan fingerprint density at radius 2 is 2.44 bits per heavy atom. The van der Waals surface area contributed by atoms with Gasteiger partial charge in [-0.2, -0.15) is 0 Å². The molecule has 1 aliphatic rings. The standard InChI is InChI=1S/C12H13BrN2O3/c1-18-12(17)11-9(3-2-4-14-11)15-7-8(6-13)5-10(15)16/h2-4,8H,5-7H2,1H3. The van der Waals surface area contributed by atoms with Gasteiger partial charge >= 0.3 is 5.97 Å². The molecule has 1 unspecified atom stereocenters. The molecule has 0 aromatic carbocycles. The molecule has 2 heterocycles. The summed E-state index contributed by atoms with van der Waals surface area (Å²) in [5.74, 6) is -0.249. The third kappa shape index (κ3) is 2.38. The molecule has 0 N–H and O–H groups in total. The zero-order valence-electron chi connectivity index (χ0n) is 9.93. The maximum Gasteiger partial charge on any atom is 0.358 e. The van der Waals surface area contributed by atoms with Crippen LogP contribution in [0.4, 0.5) is 5.69 Å². The van der Waals surface area contributed by atoms with Crippen LogP contribution in [0, 0.1) is 5.92 Å². The minimum absolute atomic E-state index is 0.0117. The fraction of sp³-hybridized carbons (Fsp3) is 0.417. The van der Waals surface area contributed by atoms with Gasteiger partial charge in [-0.15, -0.1) is 0 Å². The Labute approximate surface area is 113 Å². The van der Waals surface area contributed by atoms with Crippen molar-refractivity contribution in [3.8, 4) is 0 Å². The second kappa shape index (κ2) is 5.48. The maximum absolute atomic E-state index is 11.9. The predicted octanol–water partition coefficient (Wildman–Crippen LogP) is 1.62. The molecule has 0 bridgehead atoms. The summed E-state index contributed by atoms with van der Waals surface area (Å²) in [6, 6.07) is 3.42. The number of hydrogen-bond donors (Lipinski definition) is 0. The normalized spacial score (nSPS) is 19.1. The number of carbonyl (C=O) groups excluding carboxylic acids is 2. The minimum Gasteiger partial charge on any atom is -0.464 e. The number of methoxy groups -OCH3 is 1. The van der Waals surface area contributed by atoms with E-state index in [0.717, 1.165) is 5.33 Å². The Balaban J connectivity index is 2.34. The number of alkyl halides is 1. The SMILES string of the molecule is COC(=O)c1ncccc1N1CC(CBr)CC1=O. The van der Waals surface area contributed by atoms with Gasteiger partial charge < -0.3 is 9.64 Å². The van der Waals surface area contributed by atoms with Crippen LogP contribution in [0.15, 0.2) is 18.3 Å². The molecule has 2 rings (SSSR count). The minimum atomic E-state index is -0.527. The van der Waals surface area contributed by atoms with E-state index in [9.17, 15) is 9.59 Å². The van der Waals surface area contributed by atoms with Crippen molar-refractivity contribution >= 4 is 33.5 Å². The number of anilines is 1. The number of aromatic nitrogens is 1. The molecule has 1 aliphatic heterocycles. The lowest BCUT2D eigenvalue weighted by Gasteiger charge is -2.18. The number of hydrogen-bond acceptors (Lipinski definition) is 4. The zero-order chi connectivity index (χ0) is 13.1. The summed E-state index contributed by atoms with van der Waals surface area (Å²) in [6.45, 7) is 0.597. The van der Waals surface area contributed by atoms with E-state index in [1.54, 1.807) is 17.0 Å². The van der Waals surface area contributed by atoms with Gasteiger partial charge in [0.2, 0.25) is 5.91 Å². The molecule has 1 aromatic heterocycles. The highest BCUT2D eigenvalue weighted by atomic mass is 79.9. The molecule has 1 fully saturated rings. The molecule has 0 spiro atoms. The number of nitrogens with zero attached hydrogens (tertiary/aromatic N) is 2. The van der Waals surface area contributed by atoms with Crippen molar-refractivity contribution in [1.29, 1.82) is 0 Å². The van der Waals surface area contributed by atoms with E-state index in [1.165, 1.54) is 13.3 Å². The number of amides is 1. The Morgan fingerprint density at radius 1 is 1.67 bits per heavy atom. The molecule has 1 saturated heterocycles. The lowest BCUT2D eigenvalue weighted by atomic mass is 10.2. The topological polar surface area (TPSA) is 59.5 Å². The van der Waals surface area contributed by atoms with E-state index in [0.29, 0.717) is 18.7 Å². The van der Waals surface area contributed by atoms with Gasteiger partial charge in [-0.05, 0) is 18.1 Å². The Hall–Kier alpha value is -1.43. The average Bonchev–Trinajstić information content (AvgIpc) is 2.79. The number of rotatable bonds is 3. The second-order valence-corrected chi connectivity index (χ2v) is 4.74. The van der Waals surface area contributed by atoms with E-state index in [4.69, 9.17) is 0 Å². The van der Waals surface area contributed by atoms with Gasteiger partial charge in [-0.25, -0.2) is 9.78 Å². The molecule has 0 aliphatic carbocycles. The number of ether oxygens (including phenoxy) is 1. The van der Waals surface area contributed by atoms with Crippen molar-refractivity contribution in [2.45, 2.75) is 6.42 Å². The predicted molar refractivity (Wildman–Crippen MR) is 69.8 cm³/mol. The van der Waals surface area contributed by atoms with Crippen LogP contribution in [0.5, 0.6) is 0 Å². The summed E-state index contributed by atoms with van der Waals surface area (Å²) < 4.78 is 4.68. The van der Waals surface area contributed by atoms with E-state index in [1.807, 2.05) is 0 Å². The van der Waals surface area contributed by atoms with Gasteiger partial charge in [-0.1, -0.05) is 15.9 Å². The molecular weight excluding hydrogens is 300 g/mol. The molecular formula is C12H13BrN2O3. The van der Waals surface area contributed by atoms with Crippen LogP contribution < -0.4 is 4.90 Å². The molecule has 1 amide bonds. The molecule has 18 heavy (non-hydrogen) atoms. The first-order valence-electron chi connectivity index (χ1n) is 5.57. The molecule has 0 radical (unpaired) electrons. The lowest BCUT2D eigenvalue weighted by Crippen LogP contribution is -2.27. The van der Waals surface area contributed by atoms with Crippen molar-refractivity contribution in [2.24, 2.45) is 5.92 Å². The maximum atomic E-state index is 11.9. The van der Waals surface area contributed by atoms with Gasteiger partial charge in [0.25, 0.3) is 0 Å². The van der Waals surface area contributed by atoms with Gasteiger partial charge in [0, 0.05) is 24.5 Å². The quantitative estimate of drug-likeness (QED) is 0.628. The van der Waals surface area contributed by atoms with Gasteiger partial charge in [0.05, 0.1) is 12.8 Å². The number of esters is 1. The summed E-state index contributed by atoms with van der Waals surface area (Å²) in [6.07, 6.45) is 2.00. The molecule has 6 heteroatoms. The lowest BCUT2D eigenvalue weighted by molar-refractivity contribution is -0.117. The first kappa shape index (κ1) is 13.0. The highest BCUT2D eigenvalue weighted by molar-refractivity contribution is 9.09. The fourth-order valence-corrected chi connectivity index (χ4v) is 2.42. The smallest absolute Gasteiger partial charge is 0.358 e. The summed E-state index contributed by atoms with van der Waals surface area (Å²) in [5, 5.41) is 0.767. The van der Waals surface area contributed by atoms with E-state index in [-0.39, 0.29) is 17.5 Å². The second-order valence-electron chi connectivity index (χ2n) is 4.09. The van der Waals surface area contributed by atoms with Crippen LogP contribution in [0.1, 0.15) is 16.9 Å². The summed E-state index contributed by atoms with van der Waals surface area (Å²) >= 11 is 3.38. The highest BCUT2D eigenvalue weighted by Crippen LogP contribution is 2.28. The Morgan fingerprint density at radius 3 is 3.06 bits per heavy atom. The van der Waals surface area contributed by atoms with E-state index in [2.05, 4.69) is 25.7 Å². The van der Waals surface area contributed by atoms with Crippen LogP contribution in [0.2, 0.25) is 0 Å².